The molecule has 2 aliphatic rings. The standard InChI is InChI=1S/C22H25N3O3/c1-2-15-28-19-10-6-3-7-16(19)20(26)25-13-11-22(12-14-25)21(27)23-17-8-4-5-9-18(17)24-22/h3-10,24H,2,11-15H2,1H3,(H,23,27). The third-order valence-electron chi connectivity index (χ3n) is 5.47. The van der Waals surface area contributed by atoms with Crippen molar-refractivity contribution in [3.8, 4) is 5.75 Å². The molecular formula is C22H25N3O3. The van der Waals surface area contributed by atoms with Crippen molar-refractivity contribution >= 4 is 23.2 Å². The first-order chi connectivity index (χ1) is 13.6. The Hall–Kier alpha value is -3.02. The van der Waals surface area contributed by atoms with Crippen LogP contribution >= 0.6 is 0 Å². The van der Waals surface area contributed by atoms with Gasteiger partial charge in [-0.1, -0.05) is 31.2 Å². The highest BCUT2D eigenvalue weighted by Crippen LogP contribution is 2.36. The van der Waals surface area contributed by atoms with Crippen molar-refractivity contribution in [3.05, 3.63) is 54.1 Å². The molecule has 0 aliphatic carbocycles. The molecule has 0 atom stereocenters. The lowest BCUT2D eigenvalue weighted by Crippen LogP contribution is -2.59. The summed E-state index contributed by atoms with van der Waals surface area (Å²) < 4.78 is 5.74. The van der Waals surface area contributed by atoms with E-state index >= 15 is 0 Å². The summed E-state index contributed by atoms with van der Waals surface area (Å²) in [7, 11) is 0. The highest BCUT2D eigenvalue weighted by Gasteiger charge is 2.45. The molecule has 0 unspecified atom stereocenters. The van der Waals surface area contributed by atoms with Crippen LogP contribution in [0.25, 0.3) is 0 Å². The van der Waals surface area contributed by atoms with Gasteiger partial charge in [0.2, 0.25) is 5.91 Å². The molecule has 146 valence electrons. The average Bonchev–Trinajstić information content (AvgIpc) is 2.73. The van der Waals surface area contributed by atoms with Crippen molar-refractivity contribution in [1.82, 2.24) is 4.90 Å². The summed E-state index contributed by atoms with van der Waals surface area (Å²) in [4.78, 5) is 27.6. The Labute approximate surface area is 164 Å². The van der Waals surface area contributed by atoms with Crippen molar-refractivity contribution in [2.45, 2.75) is 31.7 Å². The topological polar surface area (TPSA) is 70.7 Å². The van der Waals surface area contributed by atoms with Crippen LogP contribution in [0.3, 0.4) is 0 Å². The fourth-order valence-electron chi connectivity index (χ4n) is 3.85. The Morgan fingerprint density at radius 1 is 1.07 bits per heavy atom. The molecule has 6 nitrogen and oxygen atoms in total. The summed E-state index contributed by atoms with van der Waals surface area (Å²) in [5.41, 5.74) is 1.65. The molecule has 2 N–H and O–H groups in total. The first kappa shape index (κ1) is 18.3. The minimum atomic E-state index is -0.663. The molecule has 1 saturated heterocycles. The molecular weight excluding hydrogens is 354 g/mol. The van der Waals surface area contributed by atoms with Crippen molar-refractivity contribution < 1.29 is 14.3 Å². The molecule has 2 aromatic rings. The number of rotatable bonds is 4. The molecule has 28 heavy (non-hydrogen) atoms. The van der Waals surface area contributed by atoms with E-state index < -0.39 is 5.54 Å². The molecule has 6 heteroatoms. The number of hydrogen-bond acceptors (Lipinski definition) is 4. The molecule has 0 bridgehead atoms. The molecule has 0 saturated carbocycles. The van der Waals surface area contributed by atoms with E-state index in [2.05, 4.69) is 10.6 Å². The zero-order chi connectivity index (χ0) is 19.6. The van der Waals surface area contributed by atoms with Gasteiger partial charge >= 0.3 is 0 Å². The Morgan fingerprint density at radius 2 is 1.75 bits per heavy atom. The summed E-state index contributed by atoms with van der Waals surface area (Å²) >= 11 is 0. The predicted octanol–water partition coefficient (Wildman–Crippen LogP) is 3.51. The number of carbonyl (C=O) groups is 2. The van der Waals surface area contributed by atoms with E-state index in [4.69, 9.17) is 4.74 Å². The summed E-state index contributed by atoms with van der Waals surface area (Å²) in [5, 5.41) is 6.43. The van der Waals surface area contributed by atoms with Crippen LogP contribution in [-0.2, 0) is 4.79 Å². The van der Waals surface area contributed by atoms with Gasteiger partial charge in [0.15, 0.2) is 0 Å². The van der Waals surface area contributed by atoms with Crippen LogP contribution in [0, 0.1) is 0 Å². The van der Waals surface area contributed by atoms with Gasteiger partial charge in [0.05, 0.1) is 23.5 Å². The molecule has 2 aliphatic heterocycles. The van der Waals surface area contributed by atoms with Crippen molar-refractivity contribution in [3.63, 3.8) is 0 Å². The molecule has 1 spiro atoms. The average molecular weight is 379 g/mol. The van der Waals surface area contributed by atoms with Crippen molar-refractivity contribution in [2.75, 3.05) is 30.3 Å². The van der Waals surface area contributed by atoms with Crippen LogP contribution in [-0.4, -0.2) is 41.9 Å². The number of para-hydroxylation sites is 3. The smallest absolute Gasteiger partial charge is 0.257 e. The van der Waals surface area contributed by atoms with E-state index in [9.17, 15) is 9.59 Å². The Kier molecular flexibility index (Phi) is 4.94. The van der Waals surface area contributed by atoms with E-state index in [1.165, 1.54) is 0 Å². The summed E-state index contributed by atoms with van der Waals surface area (Å²) in [6, 6.07) is 15.1. The molecule has 4 rings (SSSR count). The highest BCUT2D eigenvalue weighted by atomic mass is 16.5. The third-order valence-corrected chi connectivity index (χ3v) is 5.47. The summed E-state index contributed by atoms with van der Waals surface area (Å²) in [6.07, 6.45) is 2.02. The van der Waals surface area contributed by atoms with Crippen LogP contribution in [0.2, 0.25) is 0 Å². The molecule has 1 fully saturated rings. The number of hydrogen-bond donors (Lipinski definition) is 2. The lowest BCUT2D eigenvalue weighted by atomic mass is 9.84. The number of nitrogens with one attached hydrogen (secondary N) is 2. The van der Waals surface area contributed by atoms with Gasteiger partial charge in [-0.3, -0.25) is 9.59 Å². The third kappa shape index (κ3) is 3.30. The second kappa shape index (κ2) is 7.54. The fourth-order valence-corrected chi connectivity index (χ4v) is 3.85. The number of likely N-dealkylation sites (tertiary alicyclic amines) is 1. The number of fused-ring (bicyclic) bond motifs is 1. The van der Waals surface area contributed by atoms with E-state index in [0.29, 0.717) is 43.9 Å². The SMILES string of the molecule is CCCOc1ccccc1C(=O)N1CCC2(CC1)Nc1ccccc1NC2=O. The van der Waals surface area contributed by atoms with Crippen LogP contribution in [0.15, 0.2) is 48.5 Å². The maximum absolute atomic E-state index is 13.1. The van der Waals surface area contributed by atoms with Crippen LogP contribution < -0.4 is 15.4 Å². The minimum Gasteiger partial charge on any atom is -0.493 e. The highest BCUT2D eigenvalue weighted by molar-refractivity contribution is 6.06. The van der Waals surface area contributed by atoms with E-state index in [0.717, 1.165) is 17.8 Å². The first-order valence-corrected chi connectivity index (χ1v) is 9.83. The quantitative estimate of drug-likeness (QED) is 0.853. The summed E-state index contributed by atoms with van der Waals surface area (Å²) in [6.45, 7) is 3.65. The maximum atomic E-state index is 13.1. The van der Waals surface area contributed by atoms with Gasteiger partial charge < -0.3 is 20.3 Å². The van der Waals surface area contributed by atoms with Crippen molar-refractivity contribution in [1.29, 1.82) is 0 Å². The first-order valence-electron chi connectivity index (χ1n) is 9.83. The molecule has 0 radical (unpaired) electrons. The maximum Gasteiger partial charge on any atom is 0.257 e. The molecule has 0 aromatic heterocycles. The zero-order valence-corrected chi connectivity index (χ0v) is 16.0. The number of benzene rings is 2. The van der Waals surface area contributed by atoms with Crippen molar-refractivity contribution in [2.24, 2.45) is 0 Å². The Bertz CT molecular complexity index is 888. The van der Waals surface area contributed by atoms with Gasteiger partial charge in [-0.05, 0) is 43.5 Å². The monoisotopic (exact) mass is 379 g/mol. The number of carbonyl (C=O) groups excluding carboxylic acids is 2. The van der Waals surface area contributed by atoms with E-state index in [1.54, 1.807) is 6.07 Å². The van der Waals surface area contributed by atoms with E-state index in [-0.39, 0.29) is 11.8 Å². The number of nitrogens with zero attached hydrogens (tertiary/aromatic N) is 1. The lowest BCUT2D eigenvalue weighted by Gasteiger charge is -2.44. The lowest BCUT2D eigenvalue weighted by molar-refractivity contribution is -0.122. The molecule has 2 amide bonds. The van der Waals surface area contributed by atoms with Gasteiger partial charge in [-0.25, -0.2) is 0 Å². The molecule has 2 heterocycles. The van der Waals surface area contributed by atoms with Gasteiger partial charge in [0.1, 0.15) is 11.3 Å². The number of piperidine rings is 1. The second-order valence-corrected chi connectivity index (χ2v) is 7.34. The summed E-state index contributed by atoms with van der Waals surface area (Å²) in [5.74, 6) is 0.556. The number of ether oxygens (including phenoxy) is 1. The van der Waals surface area contributed by atoms with Crippen LogP contribution in [0.5, 0.6) is 5.75 Å². The van der Waals surface area contributed by atoms with Gasteiger partial charge in [-0.2, -0.15) is 0 Å². The van der Waals surface area contributed by atoms with Gasteiger partial charge in [-0.15, -0.1) is 0 Å². The number of amides is 2. The van der Waals surface area contributed by atoms with Crippen LogP contribution in [0.1, 0.15) is 36.5 Å². The fraction of sp³-hybridized carbons (Fsp3) is 0.364. The minimum absolute atomic E-state index is 0.0232. The predicted molar refractivity (Wildman–Crippen MR) is 109 cm³/mol. The zero-order valence-electron chi connectivity index (χ0n) is 16.0. The Morgan fingerprint density at radius 3 is 2.50 bits per heavy atom. The van der Waals surface area contributed by atoms with Gasteiger partial charge in [0, 0.05) is 13.1 Å². The normalized spacial score (nSPS) is 17.5. The largest absolute Gasteiger partial charge is 0.493 e. The molecule has 2 aromatic carbocycles. The number of anilines is 2. The Balaban J connectivity index is 1.48. The van der Waals surface area contributed by atoms with Crippen LogP contribution in [0.4, 0.5) is 11.4 Å². The van der Waals surface area contributed by atoms with E-state index in [1.807, 2.05) is 54.3 Å². The second-order valence-electron chi connectivity index (χ2n) is 7.34. The van der Waals surface area contributed by atoms with Gasteiger partial charge in [0.25, 0.3) is 5.91 Å².